The number of methoxy groups -OCH3 is 1. The number of aromatic nitrogens is 1. The number of benzene rings is 2. The third kappa shape index (κ3) is 5.29. The quantitative estimate of drug-likeness (QED) is 0.377. The smallest absolute Gasteiger partial charge is 0.434 e. The average Bonchev–Trinajstić information content (AvgIpc) is 3.13. The molecule has 0 aliphatic carbocycles. The first kappa shape index (κ1) is 27.3. The predicted molar refractivity (Wildman–Crippen MR) is 135 cm³/mol. The van der Waals surface area contributed by atoms with Crippen molar-refractivity contribution in [1.29, 1.82) is 0 Å². The molecule has 3 aromatic rings. The molecule has 0 radical (unpaired) electrons. The first-order valence-corrected chi connectivity index (χ1v) is 12.5. The number of carbonyl (C=O) groups is 1. The van der Waals surface area contributed by atoms with Crippen molar-refractivity contribution in [2.24, 2.45) is 4.99 Å². The second-order valence-corrected chi connectivity index (χ2v) is 9.91. The van der Waals surface area contributed by atoms with Crippen molar-refractivity contribution in [3.05, 3.63) is 93.6 Å². The van der Waals surface area contributed by atoms with Gasteiger partial charge in [-0.15, -0.1) is 0 Å². The molecule has 4 rings (SSSR count). The Balaban J connectivity index is 2.07. The number of rotatable bonds is 5. The van der Waals surface area contributed by atoms with Crippen molar-refractivity contribution < 1.29 is 27.4 Å². The van der Waals surface area contributed by atoms with Crippen LogP contribution < -0.4 is 19.6 Å². The minimum absolute atomic E-state index is 0.0148. The molecule has 0 amide bonds. The summed E-state index contributed by atoms with van der Waals surface area (Å²) in [5.74, 6) is -1.02. The molecule has 1 aliphatic rings. The van der Waals surface area contributed by atoms with Gasteiger partial charge in [-0.2, -0.15) is 13.2 Å². The van der Waals surface area contributed by atoms with Gasteiger partial charge in [-0.25, -0.2) is 9.79 Å². The molecular weight excluding hydrogens is 576 g/mol. The molecule has 2 aromatic carbocycles. The van der Waals surface area contributed by atoms with Crippen molar-refractivity contribution >= 4 is 58.2 Å². The zero-order chi connectivity index (χ0) is 27.1. The third-order valence-corrected chi connectivity index (χ3v) is 7.04. The van der Waals surface area contributed by atoms with Crippen molar-refractivity contribution in [2.75, 3.05) is 13.7 Å². The fourth-order valence-electron chi connectivity index (χ4n) is 3.84. The summed E-state index contributed by atoms with van der Waals surface area (Å²) in [6.07, 6.45) is -3.62. The van der Waals surface area contributed by atoms with Crippen LogP contribution >= 0.6 is 46.1 Å². The monoisotopic (exact) mass is 590 g/mol. The van der Waals surface area contributed by atoms with Gasteiger partial charge in [0, 0.05) is 15.6 Å². The molecule has 0 bridgehead atoms. The van der Waals surface area contributed by atoms with Gasteiger partial charge in [0.25, 0.3) is 5.56 Å². The highest BCUT2D eigenvalue weighted by Gasteiger charge is 2.45. The van der Waals surface area contributed by atoms with E-state index < -0.39 is 35.0 Å². The van der Waals surface area contributed by atoms with Crippen molar-refractivity contribution in [3.63, 3.8) is 0 Å². The largest absolute Gasteiger partial charge is 0.495 e. The van der Waals surface area contributed by atoms with Gasteiger partial charge >= 0.3 is 12.1 Å². The molecule has 0 fully saturated rings. The molecule has 0 N–H and O–H groups in total. The lowest BCUT2D eigenvalue weighted by Crippen LogP contribution is -2.41. The summed E-state index contributed by atoms with van der Waals surface area (Å²) < 4.78 is 53.8. The number of carbonyl (C=O) groups excluding carboxylic acids is 1. The molecule has 0 unspecified atom stereocenters. The normalized spacial score (nSPS) is 15.9. The van der Waals surface area contributed by atoms with Gasteiger partial charge in [0.05, 0.1) is 34.9 Å². The van der Waals surface area contributed by atoms with E-state index in [9.17, 15) is 22.8 Å². The van der Waals surface area contributed by atoms with Gasteiger partial charge in [0.15, 0.2) is 10.5 Å². The van der Waals surface area contributed by atoms with Crippen molar-refractivity contribution in [2.45, 2.75) is 19.1 Å². The highest BCUT2D eigenvalue weighted by molar-refractivity contribution is 7.07. The van der Waals surface area contributed by atoms with E-state index in [2.05, 4.69) is 4.99 Å². The number of halogens is 6. The number of hydrogen-bond donors (Lipinski definition) is 0. The molecule has 1 aliphatic heterocycles. The maximum Gasteiger partial charge on any atom is 0.434 e. The number of thiazole rings is 1. The Morgan fingerprint density at radius 1 is 1.16 bits per heavy atom. The molecule has 0 saturated heterocycles. The number of esters is 1. The lowest BCUT2D eigenvalue weighted by molar-refractivity contribution is -0.140. The Labute approximate surface area is 226 Å². The Hall–Kier alpha value is -2.79. The van der Waals surface area contributed by atoms with Crippen LogP contribution in [0.1, 0.15) is 24.1 Å². The fourth-order valence-corrected chi connectivity index (χ4v) is 5.55. The Morgan fingerprint density at radius 2 is 1.84 bits per heavy atom. The van der Waals surface area contributed by atoms with Gasteiger partial charge in [0.2, 0.25) is 0 Å². The second-order valence-electron chi connectivity index (χ2n) is 7.62. The number of nitrogens with zero attached hydrogens (tertiary/aromatic N) is 2. The van der Waals surface area contributed by atoms with Gasteiger partial charge in [-0.05, 0) is 42.8 Å². The van der Waals surface area contributed by atoms with E-state index in [4.69, 9.17) is 44.3 Å². The summed E-state index contributed by atoms with van der Waals surface area (Å²) in [5, 5.41) is 0.753. The fraction of sp³-hybridized carbons (Fsp3) is 0.208. The average molecular weight is 592 g/mol. The van der Waals surface area contributed by atoms with Gasteiger partial charge in [-0.1, -0.05) is 58.3 Å². The summed E-state index contributed by atoms with van der Waals surface area (Å²) in [4.78, 5) is 29.9. The predicted octanol–water partition coefficient (Wildman–Crippen LogP) is 5.31. The van der Waals surface area contributed by atoms with E-state index in [0.717, 1.165) is 4.57 Å². The first-order chi connectivity index (χ1) is 17.5. The molecule has 6 nitrogen and oxygen atoms in total. The van der Waals surface area contributed by atoms with Gasteiger partial charge < -0.3 is 9.47 Å². The minimum atomic E-state index is -5.01. The molecule has 0 spiro atoms. The minimum Gasteiger partial charge on any atom is -0.495 e. The Kier molecular flexibility index (Phi) is 7.75. The van der Waals surface area contributed by atoms with Crippen LogP contribution in [0.5, 0.6) is 5.75 Å². The maximum absolute atomic E-state index is 14.2. The summed E-state index contributed by atoms with van der Waals surface area (Å²) in [6, 6.07) is 7.22. The molecular formula is C24H16Cl3F3N2O4S. The van der Waals surface area contributed by atoms with E-state index in [-0.39, 0.29) is 37.3 Å². The van der Waals surface area contributed by atoms with Crippen LogP contribution in [0, 0.1) is 0 Å². The lowest BCUT2D eigenvalue weighted by Gasteiger charge is -2.26. The van der Waals surface area contributed by atoms with Crippen LogP contribution in [0.15, 0.2) is 57.5 Å². The molecule has 37 heavy (non-hydrogen) atoms. The number of fused-ring (bicyclic) bond motifs is 1. The number of hydrogen-bond acceptors (Lipinski definition) is 6. The number of alkyl halides is 3. The SMILES string of the molecule is CCOC(=O)C1=C(C(F)(F)F)N=c2s/c(=C\c3cc(Cl)cc(Cl)c3OC)c(=O)n2[C@H]1c1ccc(Cl)cc1. The maximum atomic E-state index is 14.2. The van der Waals surface area contributed by atoms with Crippen LogP contribution in [0.2, 0.25) is 15.1 Å². The van der Waals surface area contributed by atoms with Crippen LogP contribution in [-0.4, -0.2) is 30.4 Å². The number of ether oxygens (including phenoxy) is 2. The van der Waals surface area contributed by atoms with Crippen molar-refractivity contribution in [3.8, 4) is 5.75 Å². The standard InChI is InChI=1S/C24H16Cl3F3N2O4S/c1-3-36-22(34)17-18(11-4-6-13(25)7-5-11)32-21(33)16(37-23(32)31-20(17)24(28,29)30)9-12-8-14(26)10-15(27)19(12)35-2/h4-10,18H,3H2,1-2H3/b16-9-/t18-/m0/s1. The van der Waals surface area contributed by atoms with E-state index in [1.807, 2.05) is 0 Å². The van der Waals surface area contributed by atoms with Crippen molar-refractivity contribution in [1.82, 2.24) is 4.57 Å². The summed E-state index contributed by atoms with van der Waals surface area (Å²) in [7, 11) is 1.37. The highest BCUT2D eigenvalue weighted by atomic mass is 35.5. The molecule has 1 atom stereocenters. The highest BCUT2D eigenvalue weighted by Crippen LogP contribution is 2.38. The summed E-state index contributed by atoms with van der Waals surface area (Å²) in [5.41, 5.74) is -2.40. The van der Waals surface area contributed by atoms with Crippen LogP contribution in [-0.2, 0) is 9.53 Å². The van der Waals surface area contributed by atoms with Crippen LogP contribution in [0.3, 0.4) is 0 Å². The molecule has 13 heteroatoms. The van der Waals surface area contributed by atoms with E-state index in [1.54, 1.807) is 0 Å². The van der Waals surface area contributed by atoms with E-state index >= 15 is 0 Å². The molecule has 2 heterocycles. The van der Waals surface area contributed by atoms with Gasteiger partial charge in [-0.3, -0.25) is 9.36 Å². The van der Waals surface area contributed by atoms with Crippen LogP contribution in [0.25, 0.3) is 6.08 Å². The molecule has 194 valence electrons. The molecule has 1 aromatic heterocycles. The van der Waals surface area contributed by atoms with Crippen LogP contribution in [0.4, 0.5) is 13.2 Å². The zero-order valence-electron chi connectivity index (χ0n) is 19.0. The Bertz CT molecular complexity index is 1600. The summed E-state index contributed by atoms with van der Waals surface area (Å²) in [6.45, 7) is 1.28. The van der Waals surface area contributed by atoms with E-state index in [0.29, 0.717) is 21.9 Å². The lowest BCUT2D eigenvalue weighted by atomic mass is 9.95. The Morgan fingerprint density at radius 3 is 2.43 bits per heavy atom. The first-order valence-electron chi connectivity index (χ1n) is 10.5. The van der Waals surface area contributed by atoms with Gasteiger partial charge in [0.1, 0.15) is 5.75 Å². The third-order valence-electron chi connectivity index (χ3n) is 5.31. The number of allylic oxidation sites excluding steroid dienone is 1. The zero-order valence-corrected chi connectivity index (χ0v) is 22.1. The topological polar surface area (TPSA) is 69.9 Å². The summed E-state index contributed by atoms with van der Waals surface area (Å²) >= 11 is 19.0. The van der Waals surface area contributed by atoms with E-state index in [1.165, 1.54) is 56.5 Å². The molecule has 0 saturated carbocycles. The second kappa shape index (κ2) is 10.5.